The Morgan fingerprint density at radius 1 is 1.09 bits per heavy atom. The zero-order chi connectivity index (χ0) is 23.1. The third-order valence-corrected chi connectivity index (χ3v) is 5.78. The van der Waals surface area contributed by atoms with Crippen LogP contribution in [0.3, 0.4) is 0 Å². The van der Waals surface area contributed by atoms with E-state index in [-0.39, 0.29) is 16.8 Å². The van der Waals surface area contributed by atoms with E-state index < -0.39 is 16.1 Å². The van der Waals surface area contributed by atoms with E-state index >= 15 is 0 Å². The van der Waals surface area contributed by atoms with Crippen molar-refractivity contribution in [3.05, 3.63) is 66.5 Å². The van der Waals surface area contributed by atoms with Gasteiger partial charge < -0.3 is 14.8 Å². The number of amides is 1. The van der Waals surface area contributed by atoms with Gasteiger partial charge in [-0.25, -0.2) is 23.1 Å². The molecule has 3 rings (SSSR count). The summed E-state index contributed by atoms with van der Waals surface area (Å²) in [6.45, 7) is 3.57. The van der Waals surface area contributed by atoms with Gasteiger partial charge in [0, 0.05) is 23.6 Å². The van der Waals surface area contributed by atoms with Gasteiger partial charge in [-0.05, 0) is 55.8 Å². The summed E-state index contributed by atoms with van der Waals surface area (Å²) >= 11 is 0. The van der Waals surface area contributed by atoms with Crippen LogP contribution in [0.25, 0.3) is 0 Å². The molecule has 1 atom stereocenters. The Morgan fingerprint density at radius 2 is 1.81 bits per heavy atom. The first kappa shape index (κ1) is 23.0. The fourth-order valence-corrected chi connectivity index (χ4v) is 3.73. The number of nitrogens with one attached hydrogen (secondary N) is 2. The van der Waals surface area contributed by atoms with E-state index in [9.17, 15) is 13.2 Å². The number of rotatable bonds is 9. The first-order valence-corrected chi connectivity index (χ1v) is 11.3. The first-order valence-electron chi connectivity index (χ1n) is 9.85. The molecule has 1 aromatic heterocycles. The van der Waals surface area contributed by atoms with Crippen LogP contribution in [0.1, 0.15) is 19.0 Å². The topological polar surface area (TPSA) is 120 Å². The van der Waals surface area contributed by atoms with E-state index in [2.05, 4.69) is 20.0 Å². The predicted molar refractivity (Wildman–Crippen MR) is 120 cm³/mol. The van der Waals surface area contributed by atoms with Gasteiger partial charge in [0.2, 0.25) is 5.95 Å². The fourth-order valence-electron chi connectivity index (χ4n) is 2.78. The number of aromatic nitrogens is 2. The number of anilines is 2. The number of nitrogens with zero attached hydrogens (tertiary/aromatic N) is 2. The summed E-state index contributed by atoms with van der Waals surface area (Å²) in [7, 11) is -2.32. The number of hydrogen-bond donors (Lipinski definition) is 2. The van der Waals surface area contributed by atoms with E-state index in [1.165, 1.54) is 30.5 Å². The van der Waals surface area contributed by atoms with E-state index in [4.69, 9.17) is 9.47 Å². The van der Waals surface area contributed by atoms with E-state index in [0.717, 1.165) is 0 Å². The largest absolute Gasteiger partial charge is 0.497 e. The van der Waals surface area contributed by atoms with Gasteiger partial charge in [0.05, 0.1) is 12.0 Å². The first-order chi connectivity index (χ1) is 15.3. The third kappa shape index (κ3) is 5.94. The molecule has 0 radical (unpaired) electrons. The van der Waals surface area contributed by atoms with Crippen LogP contribution >= 0.6 is 0 Å². The molecular weight excluding hydrogens is 432 g/mol. The Hall–Kier alpha value is -3.66. The van der Waals surface area contributed by atoms with Gasteiger partial charge in [0.1, 0.15) is 11.5 Å². The molecule has 168 valence electrons. The van der Waals surface area contributed by atoms with Gasteiger partial charge in [-0.1, -0.05) is 13.0 Å². The molecule has 1 amide bonds. The molecule has 0 saturated carbocycles. The Balaban J connectivity index is 1.66. The molecule has 2 N–H and O–H groups in total. The quantitative estimate of drug-likeness (QED) is 0.506. The lowest BCUT2D eigenvalue weighted by atomic mass is 10.2. The standard InChI is InChI=1S/C22H24N4O5S/c1-4-20(31-18-7-5-6-17(14-18)30-3)21(27)25-16-8-10-19(11-9-16)32(28,29)26-22-23-13-12-15(2)24-22/h5-14,20H,4H2,1-3H3,(H,25,27)(H,23,24,26). The predicted octanol–water partition coefficient (Wildman–Crippen LogP) is 3.39. The molecule has 0 aliphatic heterocycles. The van der Waals surface area contributed by atoms with Crippen molar-refractivity contribution in [1.29, 1.82) is 0 Å². The smallest absolute Gasteiger partial charge is 0.265 e. The van der Waals surface area contributed by atoms with E-state index in [1.54, 1.807) is 44.4 Å². The van der Waals surface area contributed by atoms with Gasteiger partial charge in [0.15, 0.2) is 6.10 Å². The van der Waals surface area contributed by atoms with Crippen LogP contribution in [-0.4, -0.2) is 37.5 Å². The molecular formula is C22H24N4O5S. The van der Waals surface area contributed by atoms with Crippen LogP contribution < -0.4 is 19.5 Å². The van der Waals surface area contributed by atoms with Crippen LogP contribution in [-0.2, 0) is 14.8 Å². The molecule has 1 heterocycles. The lowest BCUT2D eigenvalue weighted by molar-refractivity contribution is -0.122. The molecule has 32 heavy (non-hydrogen) atoms. The molecule has 0 bridgehead atoms. The molecule has 2 aromatic carbocycles. The molecule has 10 heteroatoms. The Labute approximate surface area is 186 Å². The third-order valence-electron chi connectivity index (χ3n) is 4.44. The molecule has 3 aromatic rings. The normalized spacial score (nSPS) is 12.0. The molecule has 1 unspecified atom stereocenters. The zero-order valence-corrected chi connectivity index (χ0v) is 18.7. The van der Waals surface area contributed by atoms with Crippen molar-refractivity contribution in [2.24, 2.45) is 0 Å². The Morgan fingerprint density at radius 3 is 2.47 bits per heavy atom. The molecule has 0 fully saturated rings. The lowest BCUT2D eigenvalue weighted by Crippen LogP contribution is -2.32. The molecule has 0 saturated heterocycles. The average Bonchev–Trinajstić information content (AvgIpc) is 2.77. The van der Waals surface area contributed by atoms with Gasteiger partial charge in [-0.2, -0.15) is 0 Å². The van der Waals surface area contributed by atoms with Crippen LogP contribution in [0.4, 0.5) is 11.6 Å². The maximum Gasteiger partial charge on any atom is 0.265 e. The summed E-state index contributed by atoms with van der Waals surface area (Å²) < 4.78 is 38.4. The second-order valence-corrected chi connectivity index (χ2v) is 8.52. The molecule has 0 aliphatic carbocycles. The second kappa shape index (κ2) is 10.1. The highest BCUT2D eigenvalue weighted by Gasteiger charge is 2.20. The number of ether oxygens (including phenoxy) is 2. The van der Waals surface area contributed by atoms with E-state index in [1.807, 2.05) is 6.92 Å². The summed E-state index contributed by atoms with van der Waals surface area (Å²) in [6.07, 6.45) is 1.18. The summed E-state index contributed by atoms with van der Waals surface area (Å²) in [5.74, 6) is 0.775. The van der Waals surface area contributed by atoms with Crippen LogP contribution in [0.5, 0.6) is 11.5 Å². The van der Waals surface area contributed by atoms with Crippen LogP contribution in [0.2, 0.25) is 0 Å². The zero-order valence-electron chi connectivity index (χ0n) is 17.9. The van der Waals surface area contributed by atoms with Crippen molar-refractivity contribution in [2.75, 3.05) is 17.1 Å². The number of benzene rings is 2. The van der Waals surface area contributed by atoms with Gasteiger partial charge in [-0.15, -0.1) is 0 Å². The molecule has 9 nitrogen and oxygen atoms in total. The summed E-state index contributed by atoms with van der Waals surface area (Å²) in [5, 5.41) is 2.74. The lowest BCUT2D eigenvalue weighted by Gasteiger charge is -2.18. The summed E-state index contributed by atoms with van der Waals surface area (Å²) in [5.41, 5.74) is 1.07. The minimum absolute atomic E-state index is 0.0112. The SMILES string of the molecule is CCC(Oc1cccc(OC)c1)C(=O)Nc1ccc(S(=O)(=O)Nc2nccc(C)n2)cc1. The van der Waals surface area contributed by atoms with Crippen molar-refractivity contribution < 1.29 is 22.7 Å². The summed E-state index contributed by atoms with van der Waals surface area (Å²) in [6, 6.07) is 14.4. The van der Waals surface area contributed by atoms with Crippen molar-refractivity contribution in [1.82, 2.24) is 9.97 Å². The highest BCUT2D eigenvalue weighted by molar-refractivity contribution is 7.92. The Bertz CT molecular complexity index is 1180. The van der Waals surface area contributed by atoms with Crippen LogP contribution in [0, 0.1) is 6.92 Å². The number of carbonyl (C=O) groups is 1. The minimum atomic E-state index is -3.87. The number of aryl methyl sites for hydroxylation is 1. The maximum atomic E-state index is 12.6. The Kier molecular flexibility index (Phi) is 7.26. The maximum absolute atomic E-state index is 12.6. The number of sulfonamides is 1. The number of carbonyl (C=O) groups excluding carboxylic acids is 1. The van der Waals surface area contributed by atoms with Crippen LogP contribution in [0.15, 0.2) is 65.7 Å². The average molecular weight is 457 g/mol. The summed E-state index contributed by atoms with van der Waals surface area (Å²) in [4.78, 5) is 20.6. The molecule has 0 aliphatic rings. The molecule has 0 spiro atoms. The van der Waals surface area contributed by atoms with Gasteiger partial charge >= 0.3 is 0 Å². The van der Waals surface area contributed by atoms with Crippen molar-refractivity contribution >= 4 is 27.6 Å². The highest BCUT2D eigenvalue weighted by atomic mass is 32.2. The monoisotopic (exact) mass is 456 g/mol. The van der Waals surface area contributed by atoms with Crippen molar-refractivity contribution in [3.8, 4) is 11.5 Å². The van der Waals surface area contributed by atoms with Crippen molar-refractivity contribution in [2.45, 2.75) is 31.3 Å². The van der Waals surface area contributed by atoms with Gasteiger partial charge in [0.25, 0.3) is 15.9 Å². The number of methoxy groups -OCH3 is 1. The van der Waals surface area contributed by atoms with Crippen molar-refractivity contribution in [3.63, 3.8) is 0 Å². The minimum Gasteiger partial charge on any atom is -0.497 e. The fraction of sp³-hybridized carbons (Fsp3) is 0.227. The number of hydrogen-bond acceptors (Lipinski definition) is 7. The van der Waals surface area contributed by atoms with Gasteiger partial charge in [-0.3, -0.25) is 4.79 Å². The van der Waals surface area contributed by atoms with E-state index in [0.29, 0.717) is 29.3 Å². The highest BCUT2D eigenvalue weighted by Crippen LogP contribution is 2.22. The second-order valence-electron chi connectivity index (χ2n) is 6.83.